The van der Waals surface area contributed by atoms with Crippen LogP contribution >= 0.6 is 11.6 Å². The van der Waals surface area contributed by atoms with Crippen molar-refractivity contribution >= 4 is 28.5 Å². The van der Waals surface area contributed by atoms with Crippen LogP contribution in [0.5, 0.6) is 0 Å². The molecule has 4 aromatic rings. The molecule has 2 saturated heterocycles. The molecule has 1 atom stereocenters. The first-order valence-corrected chi connectivity index (χ1v) is 15.7. The second kappa shape index (κ2) is 13.4. The minimum atomic E-state index is -4.76. The Labute approximate surface area is 264 Å². The number of carbonyl (C=O) groups is 1. The average Bonchev–Trinajstić information content (AvgIpc) is 3.05. The van der Waals surface area contributed by atoms with Crippen molar-refractivity contribution in [3.8, 4) is 11.3 Å². The number of hydrogen-bond acceptors (Lipinski definition) is 5. The quantitative estimate of drug-likeness (QED) is 0.211. The Balaban J connectivity index is 1.42. The molecule has 236 valence electrons. The molecule has 1 amide bonds. The lowest BCUT2D eigenvalue weighted by Gasteiger charge is -2.40. The SMILES string of the molecule is O=C(N[C@H](c1ccccc1)C(F)(F)F)c1c(CN2CCC(N3CCCCC3)CC2)c(-c2ccc(Cl)c(F)c2)nc2cccnc12. The fraction of sp³-hybridized carbons (Fsp3) is 0.382. The topological polar surface area (TPSA) is 61.4 Å². The maximum Gasteiger partial charge on any atom is 0.412 e. The third kappa shape index (κ3) is 6.98. The van der Waals surface area contributed by atoms with Crippen LogP contribution in [0.3, 0.4) is 0 Å². The zero-order chi connectivity index (χ0) is 31.6. The number of alkyl halides is 3. The number of rotatable bonds is 7. The van der Waals surface area contributed by atoms with Crippen LogP contribution in [-0.4, -0.2) is 64.1 Å². The molecule has 11 heteroatoms. The van der Waals surface area contributed by atoms with Crippen molar-refractivity contribution in [2.45, 2.75) is 56.9 Å². The smallest absolute Gasteiger partial charge is 0.337 e. The highest BCUT2D eigenvalue weighted by molar-refractivity contribution is 6.30. The van der Waals surface area contributed by atoms with Gasteiger partial charge in [-0.2, -0.15) is 13.2 Å². The van der Waals surface area contributed by atoms with E-state index >= 15 is 0 Å². The van der Waals surface area contributed by atoms with E-state index < -0.39 is 23.9 Å². The van der Waals surface area contributed by atoms with Crippen molar-refractivity contribution in [1.29, 1.82) is 0 Å². The number of hydrogen-bond donors (Lipinski definition) is 1. The van der Waals surface area contributed by atoms with E-state index in [0.29, 0.717) is 28.4 Å². The molecule has 2 aromatic carbocycles. The lowest BCUT2D eigenvalue weighted by Crippen LogP contribution is -2.46. The summed E-state index contributed by atoms with van der Waals surface area (Å²) in [5.74, 6) is -1.59. The van der Waals surface area contributed by atoms with Crippen molar-refractivity contribution in [3.63, 3.8) is 0 Å². The molecule has 2 fully saturated rings. The Morgan fingerprint density at radius 3 is 2.40 bits per heavy atom. The Morgan fingerprint density at radius 2 is 1.71 bits per heavy atom. The summed E-state index contributed by atoms with van der Waals surface area (Å²) >= 11 is 5.99. The van der Waals surface area contributed by atoms with E-state index in [-0.39, 0.29) is 28.2 Å². The number of amides is 1. The van der Waals surface area contributed by atoms with Crippen molar-refractivity contribution < 1.29 is 22.4 Å². The molecule has 0 bridgehead atoms. The highest BCUT2D eigenvalue weighted by Crippen LogP contribution is 2.36. The second-order valence-electron chi connectivity index (χ2n) is 11.8. The third-order valence-corrected chi connectivity index (χ3v) is 9.15. The molecule has 1 N–H and O–H groups in total. The van der Waals surface area contributed by atoms with Crippen LogP contribution in [0.4, 0.5) is 17.6 Å². The number of likely N-dealkylation sites (tertiary alicyclic amines) is 2. The van der Waals surface area contributed by atoms with Gasteiger partial charge in [-0.1, -0.05) is 54.4 Å². The van der Waals surface area contributed by atoms with Gasteiger partial charge in [0.25, 0.3) is 5.91 Å². The summed E-state index contributed by atoms with van der Waals surface area (Å²) in [7, 11) is 0. The second-order valence-corrected chi connectivity index (χ2v) is 12.2. The number of halogens is 5. The van der Waals surface area contributed by atoms with Gasteiger partial charge in [0.2, 0.25) is 0 Å². The molecule has 0 unspecified atom stereocenters. The lowest BCUT2D eigenvalue weighted by molar-refractivity contribution is -0.155. The summed E-state index contributed by atoms with van der Waals surface area (Å²) in [5.41, 5.74) is 1.46. The zero-order valence-electron chi connectivity index (χ0n) is 24.7. The van der Waals surface area contributed by atoms with Crippen LogP contribution in [-0.2, 0) is 6.54 Å². The molecular weight excluding hydrogens is 606 g/mol. The number of carbonyl (C=O) groups excluding carboxylic acids is 1. The fourth-order valence-electron chi connectivity index (χ4n) is 6.56. The number of piperidine rings is 2. The molecule has 0 aliphatic carbocycles. The van der Waals surface area contributed by atoms with Gasteiger partial charge in [0.1, 0.15) is 11.3 Å². The fourth-order valence-corrected chi connectivity index (χ4v) is 6.68. The van der Waals surface area contributed by atoms with E-state index in [9.17, 15) is 22.4 Å². The van der Waals surface area contributed by atoms with E-state index in [1.54, 1.807) is 24.3 Å². The average molecular weight is 640 g/mol. The van der Waals surface area contributed by atoms with Crippen molar-refractivity contribution in [2.24, 2.45) is 0 Å². The first kappa shape index (κ1) is 31.4. The van der Waals surface area contributed by atoms with E-state index in [0.717, 1.165) is 39.0 Å². The van der Waals surface area contributed by atoms with Gasteiger partial charge in [-0.3, -0.25) is 14.7 Å². The van der Waals surface area contributed by atoms with Gasteiger partial charge in [-0.05, 0) is 81.7 Å². The van der Waals surface area contributed by atoms with Gasteiger partial charge in [0, 0.05) is 29.9 Å². The van der Waals surface area contributed by atoms with Gasteiger partial charge in [0.15, 0.2) is 6.04 Å². The summed E-state index contributed by atoms with van der Waals surface area (Å²) in [6.07, 6.45) is 2.28. The predicted molar refractivity (Wildman–Crippen MR) is 166 cm³/mol. The van der Waals surface area contributed by atoms with E-state index in [4.69, 9.17) is 16.6 Å². The highest BCUT2D eigenvalue weighted by atomic mass is 35.5. The highest BCUT2D eigenvalue weighted by Gasteiger charge is 2.42. The molecule has 2 aliphatic rings. The van der Waals surface area contributed by atoms with Gasteiger partial charge in [-0.15, -0.1) is 0 Å². The van der Waals surface area contributed by atoms with Crippen molar-refractivity contribution in [2.75, 3.05) is 26.2 Å². The normalized spacial score (nSPS) is 17.8. The minimum absolute atomic E-state index is 0.00528. The first-order valence-electron chi connectivity index (χ1n) is 15.3. The summed E-state index contributed by atoms with van der Waals surface area (Å²) in [5, 5.41) is 2.18. The van der Waals surface area contributed by atoms with Crippen LogP contribution in [0.1, 0.15) is 59.6 Å². The lowest BCUT2D eigenvalue weighted by atomic mass is 9.95. The largest absolute Gasteiger partial charge is 0.412 e. The third-order valence-electron chi connectivity index (χ3n) is 8.84. The monoisotopic (exact) mass is 639 g/mol. The number of benzene rings is 2. The number of nitrogens with zero attached hydrogens (tertiary/aromatic N) is 4. The maximum atomic E-state index is 14.7. The predicted octanol–water partition coefficient (Wildman–Crippen LogP) is 7.57. The number of pyridine rings is 2. The number of aromatic nitrogens is 2. The number of fused-ring (bicyclic) bond motifs is 1. The van der Waals surface area contributed by atoms with E-state index in [2.05, 4.69) is 20.1 Å². The van der Waals surface area contributed by atoms with Crippen molar-refractivity contribution in [3.05, 3.63) is 94.4 Å². The van der Waals surface area contributed by atoms with Crippen molar-refractivity contribution in [1.82, 2.24) is 25.1 Å². The zero-order valence-corrected chi connectivity index (χ0v) is 25.4. The molecule has 0 saturated carbocycles. The summed E-state index contributed by atoms with van der Waals surface area (Å²) in [6.45, 7) is 3.92. The van der Waals surface area contributed by atoms with E-state index in [1.165, 1.54) is 61.9 Å². The van der Waals surface area contributed by atoms with Crippen LogP contribution < -0.4 is 5.32 Å². The van der Waals surface area contributed by atoms with Crippen LogP contribution in [0.25, 0.3) is 22.3 Å². The Morgan fingerprint density at radius 1 is 0.978 bits per heavy atom. The standard InChI is InChI=1S/C34H34ClF4N5O/c35-26-12-11-23(20-27(26)36)30-25(21-43-18-13-24(14-19-43)44-16-5-2-6-17-44)29(31-28(41-30)10-7-15-40-31)33(45)42-32(34(37,38)39)22-8-3-1-4-9-22/h1,3-4,7-12,15,20,24,32H,2,5-6,13-14,16-19,21H2,(H,42,45)/t32-/m1/s1. The molecule has 2 aliphatic heterocycles. The Kier molecular flexibility index (Phi) is 9.35. The first-order chi connectivity index (χ1) is 21.7. The molecule has 6 nitrogen and oxygen atoms in total. The number of nitrogens with one attached hydrogen (secondary N) is 1. The molecule has 0 spiro atoms. The van der Waals surface area contributed by atoms with Gasteiger partial charge in [0.05, 0.1) is 21.8 Å². The van der Waals surface area contributed by atoms with Crippen LogP contribution in [0, 0.1) is 5.82 Å². The summed E-state index contributed by atoms with van der Waals surface area (Å²) < 4.78 is 57.9. The van der Waals surface area contributed by atoms with Gasteiger partial charge in [-0.25, -0.2) is 9.37 Å². The molecule has 45 heavy (non-hydrogen) atoms. The Bertz CT molecular complexity index is 1650. The molecule has 0 radical (unpaired) electrons. The van der Waals surface area contributed by atoms with Gasteiger partial charge >= 0.3 is 6.18 Å². The molecule has 6 rings (SSSR count). The van der Waals surface area contributed by atoms with Crippen LogP contribution in [0.2, 0.25) is 5.02 Å². The maximum absolute atomic E-state index is 14.7. The molecular formula is C34H34ClF4N5O. The van der Waals surface area contributed by atoms with E-state index in [1.807, 2.05) is 0 Å². The Hall–Kier alpha value is -3.60. The van der Waals surface area contributed by atoms with Crippen LogP contribution in [0.15, 0.2) is 66.9 Å². The molecule has 4 heterocycles. The molecule has 2 aromatic heterocycles. The minimum Gasteiger partial charge on any atom is -0.337 e. The summed E-state index contributed by atoms with van der Waals surface area (Å²) in [4.78, 5) is 28.1. The summed E-state index contributed by atoms with van der Waals surface area (Å²) in [6, 6.07) is 13.0. The van der Waals surface area contributed by atoms with Gasteiger partial charge < -0.3 is 10.2 Å².